The molecule has 0 aromatic heterocycles. The normalized spacial score (nSPS) is 28.3. The molecule has 0 spiro atoms. The van der Waals surface area contributed by atoms with Crippen molar-refractivity contribution in [3.05, 3.63) is 0 Å². The van der Waals surface area contributed by atoms with E-state index in [0.717, 1.165) is 39.1 Å². The van der Waals surface area contributed by atoms with Crippen LogP contribution in [0.1, 0.15) is 19.3 Å². The first-order valence-corrected chi connectivity index (χ1v) is 4.98. The Morgan fingerprint density at radius 3 is 3.15 bits per heavy atom. The third-order valence-electron chi connectivity index (χ3n) is 2.65. The van der Waals surface area contributed by atoms with E-state index in [4.69, 9.17) is 4.74 Å². The molecule has 4 heteroatoms. The van der Waals surface area contributed by atoms with Crippen LogP contribution in [0, 0.1) is 5.92 Å². The molecule has 2 heterocycles. The average Bonchev–Trinajstić information content (AvgIpc) is 2.74. The number of amides is 1. The fourth-order valence-corrected chi connectivity index (χ4v) is 1.84. The highest BCUT2D eigenvalue weighted by Gasteiger charge is 2.23. The van der Waals surface area contributed by atoms with Crippen molar-refractivity contribution in [2.45, 2.75) is 19.3 Å². The van der Waals surface area contributed by atoms with Gasteiger partial charge in [0.15, 0.2) is 0 Å². The zero-order valence-corrected chi connectivity index (χ0v) is 7.79. The van der Waals surface area contributed by atoms with E-state index in [-0.39, 0.29) is 5.91 Å². The summed E-state index contributed by atoms with van der Waals surface area (Å²) in [5, 5.41) is 1.75. The number of ether oxygens (including phenoxy) is 1. The number of carbonyl (C=O) groups excluding carboxylic acids is 1. The van der Waals surface area contributed by atoms with Crippen molar-refractivity contribution in [3.8, 4) is 0 Å². The van der Waals surface area contributed by atoms with Crippen molar-refractivity contribution in [1.82, 2.24) is 10.4 Å². The van der Waals surface area contributed by atoms with Gasteiger partial charge in [-0.3, -0.25) is 9.80 Å². The van der Waals surface area contributed by atoms with Crippen molar-refractivity contribution < 1.29 is 9.53 Å². The van der Waals surface area contributed by atoms with E-state index < -0.39 is 0 Å². The van der Waals surface area contributed by atoms with Gasteiger partial charge in [-0.15, -0.1) is 0 Å². The van der Waals surface area contributed by atoms with Gasteiger partial charge in [0.1, 0.15) is 0 Å². The number of rotatable bonds is 2. The van der Waals surface area contributed by atoms with E-state index in [0.29, 0.717) is 12.3 Å². The SMILES string of the molecule is O=C(CC1CCOC1)N1CCCN1. The number of hydrogen-bond donors (Lipinski definition) is 1. The van der Waals surface area contributed by atoms with Crippen molar-refractivity contribution in [2.24, 2.45) is 5.92 Å². The van der Waals surface area contributed by atoms with Crippen molar-refractivity contribution in [3.63, 3.8) is 0 Å². The lowest BCUT2D eigenvalue weighted by atomic mass is 10.0. The quantitative estimate of drug-likeness (QED) is 0.664. The molecular weight excluding hydrogens is 168 g/mol. The number of nitrogens with zero attached hydrogens (tertiary/aromatic N) is 1. The second-order valence-corrected chi connectivity index (χ2v) is 3.74. The van der Waals surface area contributed by atoms with E-state index >= 15 is 0 Å². The van der Waals surface area contributed by atoms with Gasteiger partial charge in [-0.2, -0.15) is 0 Å². The van der Waals surface area contributed by atoms with Crippen molar-refractivity contribution in [2.75, 3.05) is 26.3 Å². The minimum absolute atomic E-state index is 0.230. The van der Waals surface area contributed by atoms with Gasteiger partial charge in [0.25, 0.3) is 0 Å². The Kier molecular flexibility index (Phi) is 2.80. The summed E-state index contributed by atoms with van der Waals surface area (Å²) in [6.45, 7) is 3.39. The molecule has 0 saturated carbocycles. The summed E-state index contributed by atoms with van der Waals surface area (Å²) >= 11 is 0. The van der Waals surface area contributed by atoms with Crippen LogP contribution in [-0.4, -0.2) is 37.2 Å². The zero-order valence-electron chi connectivity index (χ0n) is 7.79. The molecule has 2 rings (SSSR count). The topological polar surface area (TPSA) is 41.6 Å². The first-order valence-electron chi connectivity index (χ1n) is 4.98. The molecule has 1 amide bonds. The molecule has 1 unspecified atom stereocenters. The second kappa shape index (κ2) is 4.07. The first kappa shape index (κ1) is 8.97. The second-order valence-electron chi connectivity index (χ2n) is 3.74. The predicted molar refractivity (Wildman–Crippen MR) is 47.9 cm³/mol. The first-order chi connectivity index (χ1) is 6.36. The molecule has 2 fully saturated rings. The number of carbonyl (C=O) groups is 1. The van der Waals surface area contributed by atoms with Crippen LogP contribution in [-0.2, 0) is 9.53 Å². The van der Waals surface area contributed by atoms with Gasteiger partial charge >= 0.3 is 0 Å². The molecule has 1 N–H and O–H groups in total. The fraction of sp³-hybridized carbons (Fsp3) is 0.889. The molecule has 0 bridgehead atoms. The fourth-order valence-electron chi connectivity index (χ4n) is 1.84. The molecular formula is C9H16N2O2. The summed E-state index contributed by atoms with van der Waals surface area (Å²) in [6.07, 6.45) is 2.76. The maximum absolute atomic E-state index is 11.6. The molecule has 13 heavy (non-hydrogen) atoms. The van der Waals surface area contributed by atoms with Crippen LogP contribution in [0.4, 0.5) is 0 Å². The Morgan fingerprint density at radius 1 is 1.62 bits per heavy atom. The van der Waals surface area contributed by atoms with E-state index in [1.54, 1.807) is 5.01 Å². The van der Waals surface area contributed by atoms with E-state index in [1.165, 1.54) is 0 Å². The van der Waals surface area contributed by atoms with Gasteiger partial charge in [-0.1, -0.05) is 0 Å². The average molecular weight is 184 g/mol. The Labute approximate surface area is 78.2 Å². The van der Waals surface area contributed by atoms with Crippen LogP contribution in [0.3, 0.4) is 0 Å². The molecule has 1 atom stereocenters. The standard InChI is InChI=1S/C9H16N2O2/c12-9(11-4-1-3-10-11)6-8-2-5-13-7-8/h8,10H,1-7H2. The number of nitrogens with one attached hydrogen (secondary N) is 1. The lowest BCUT2D eigenvalue weighted by Crippen LogP contribution is -2.37. The summed E-state index contributed by atoms with van der Waals surface area (Å²) in [6, 6.07) is 0. The summed E-state index contributed by atoms with van der Waals surface area (Å²) in [5.41, 5.74) is 3.07. The summed E-state index contributed by atoms with van der Waals surface area (Å²) in [4.78, 5) is 11.6. The van der Waals surface area contributed by atoms with Crippen LogP contribution >= 0.6 is 0 Å². The summed E-state index contributed by atoms with van der Waals surface area (Å²) in [7, 11) is 0. The van der Waals surface area contributed by atoms with Crippen molar-refractivity contribution >= 4 is 5.91 Å². The Morgan fingerprint density at radius 2 is 2.54 bits per heavy atom. The van der Waals surface area contributed by atoms with Gasteiger partial charge in [-0.25, -0.2) is 5.43 Å². The largest absolute Gasteiger partial charge is 0.381 e. The molecule has 2 aliphatic rings. The Bertz CT molecular complexity index is 184. The lowest BCUT2D eigenvalue weighted by Gasteiger charge is -2.17. The third-order valence-corrected chi connectivity index (χ3v) is 2.65. The molecule has 0 aromatic carbocycles. The minimum atomic E-state index is 0.230. The van der Waals surface area contributed by atoms with Gasteiger partial charge in [0.05, 0.1) is 0 Å². The Hall–Kier alpha value is -0.610. The predicted octanol–water partition coefficient (Wildman–Crippen LogP) is 0.150. The third kappa shape index (κ3) is 2.19. The minimum Gasteiger partial charge on any atom is -0.381 e. The Balaban J connectivity index is 1.76. The summed E-state index contributed by atoms with van der Waals surface area (Å²) < 4.78 is 5.23. The highest BCUT2D eigenvalue weighted by Crippen LogP contribution is 2.17. The van der Waals surface area contributed by atoms with E-state index in [2.05, 4.69) is 5.43 Å². The maximum atomic E-state index is 11.6. The van der Waals surface area contributed by atoms with Crippen LogP contribution in [0.5, 0.6) is 0 Å². The lowest BCUT2D eigenvalue weighted by molar-refractivity contribution is -0.133. The van der Waals surface area contributed by atoms with Crippen LogP contribution in [0.2, 0.25) is 0 Å². The molecule has 0 aromatic rings. The summed E-state index contributed by atoms with van der Waals surface area (Å²) in [5.74, 6) is 0.683. The van der Waals surface area contributed by atoms with Gasteiger partial charge in [-0.05, 0) is 18.8 Å². The molecule has 2 saturated heterocycles. The number of hydrogen-bond acceptors (Lipinski definition) is 3. The highest BCUT2D eigenvalue weighted by atomic mass is 16.5. The molecule has 74 valence electrons. The molecule has 4 nitrogen and oxygen atoms in total. The van der Waals surface area contributed by atoms with Crippen LogP contribution < -0.4 is 5.43 Å². The van der Waals surface area contributed by atoms with Gasteiger partial charge in [0, 0.05) is 32.7 Å². The zero-order chi connectivity index (χ0) is 9.10. The van der Waals surface area contributed by atoms with Crippen LogP contribution in [0.15, 0.2) is 0 Å². The van der Waals surface area contributed by atoms with E-state index in [1.807, 2.05) is 0 Å². The molecule has 2 aliphatic heterocycles. The maximum Gasteiger partial charge on any atom is 0.237 e. The monoisotopic (exact) mass is 184 g/mol. The van der Waals surface area contributed by atoms with Gasteiger partial charge < -0.3 is 4.74 Å². The number of hydrazine groups is 1. The van der Waals surface area contributed by atoms with Crippen LogP contribution in [0.25, 0.3) is 0 Å². The smallest absolute Gasteiger partial charge is 0.237 e. The molecule has 0 aliphatic carbocycles. The van der Waals surface area contributed by atoms with Gasteiger partial charge in [0.2, 0.25) is 5.91 Å². The van der Waals surface area contributed by atoms with E-state index in [9.17, 15) is 4.79 Å². The van der Waals surface area contributed by atoms with Crippen molar-refractivity contribution in [1.29, 1.82) is 0 Å². The highest BCUT2D eigenvalue weighted by molar-refractivity contribution is 5.76. The molecule has 0 radical (unpaired) electrons.